The van der Waals surface area contributed by atoms with E-state index in [1.807, 2.05) is 13.8 Å². The Morgan fingerprint density at radius 2 is 1.94 bits per heavy atom. The van der Waals surface area contributed by atoms with E-state index in [0.29, 0.717) is 42.3 Å². The summed E-state index contributed by atoms with van der Waals surface area (Å²) in [5.74, 6) is 1.98. The van der Waals surface area contributed by atoms with Gasteiger partial charge < -0.3 is 25.2 Å². The lowest BCUT2D eigenvalue weighted by Crippen LogP contribution is -2.45. The number of fused-ring (bicyclic) bond motifs is 1. The third kappa shape index (κ3) is 6.87. The van der Waals surface area contributed by atoms with Crippen LogP contribution in [0, 0.1) is 23.2 Å². The Morgan fingerprint density at radius 3 is 2.63 bits per heavy atom. The van der Waals surface area contributed by atoms with Gasteiger partial charge in [0.05, 0.1) is 11.7 Å². The maximum atomic E-state index is 10.7. The highest BCUT2D eigenvalue weighted by Crippen LogP contribution is 2.60. The standard InChI is InChI=1S/C30H50O5/c1-20(9-6-15-29(3,4)34)24-13-14-25-22(10-7-16-30(24,25)5)11-12-23-19-26(32)28(27(33)21(23)2)35-18-8-17-31/h11-12,20,24-28,31-34H,2,6-10,13-19H2,1,3-5H3/b22-11?,23-12+/t20-,24-,25+,26+,27+,28+,30-/m1/s1. The Kier molecular flexibility index (Phi) is 9.84. The van der Waals surface area contributed by atoms with Gasteiger partial charge in [-0.3, -0.25) is 0 Å². The fourth-order valence-electron chi connectivity index (χ4n) is 7.21. The normalized spacial score (nSPS) is 37.1. The minimum absolute atomic E-state index is 0.0269. The minimum atomic E-state index is -0.931. The maximum Gasteiger partial charge on any atom is 0.114 e. The molecule has 0 aliphatic heterocycles. The molecule has 7 atom stereocenters. The first-order valence-electron chi connectivity index (χ1n) is 13.9. The number of hydrogen-bond acceptors (Lipinski definition) is 5. The fraction of sp³-hybridized carbons (Fsp3) is 0.800. The first-order chi connectivity index (χ1) is 16.5. The van der Waals surface area contributed by atoms with E-state index in [2.05, 4.69) is 32.6 Å². The summed E-state index contributed by atoms with van der Waals surface area (Å²) < 4.78 is 5.63. The first kappa shape index (κ1) is 28.6. The quantitative estimate of drug-likeness (QED) is 0.321. The average Bonchev–Trinajstić information content (AvgIpc) is 3.14. The predicted octanol–water partition coefficient (Wildman–Crippen LogP) is 5.08. The van der Waals surface area contributed by atoms with Crippen LogP contribution in [0.3, 0.4) is 0 Å². The van der Waals surface area contributed by atoms with Crippen molar-refractivity contribution < 1.29 is 25.2 Å². The number of allylic oxidation sites excluding steroid dienone is 3. The molecule has 35 heavy (non-hydrogen) atoms. The van der Waals surface area contributed by atoms with Crippen molar-refractivity contribution in [1.82, 2.24) is 0 Å². The third-order valence-corrected chi connectivity index (χ3v) is 9.17. The van der Waals surface area contributed by atoms with Gasteiger partial charge in [0.25, 0.3) is 0 Å². The first-order valence-corrected chi connectivity index (χ1v) is 13.9. The monoisotopic (exact) mass is 490 g/mol. The average molecular weight is 491 g/mol. The van der Waals surface area contributed by atoms with E-state index in [-0.39, 0.29) is 6.61 Å². The van der Waals surface area contributed by atoms with Crippen LogP contribution < -0.4 is 0 Å². The molecule has 0 radical (unpaired) electrons. The highest BCUT2D eigenvalue weighted by atomic mass is 16.5. The molecule has 3 aliphatic carbocycles. The molecule has 3 aliphatic rings. The second-order valence-corrected chi connectivity index (χ2v) is 12.4. The summed E-state index contributed by atoms with van der Waals surface area (Å²) >= 11 is 0. The SMILES string of the molecule is C=C1/C(=C/C=C2CCC[C@]3(C)[C@@H]([C@H](C)CCCC(C)(C)O)CC[C@@H]23)C[C@H](O)[C@H](OCCCO)[C@H]1O. The van der Waals surface area contributed by atoms with E-state index in [1.54, 1.807) is 0 Å². The molecule has 3 fully saturated rings. The Hall–Kier alpha value is -0.980. The van der Waals surface area contributed by atoms with Gasteiger partial charge in [-0.25, -0.2) is 0 Å². The van der Waals surface area contributed by atoms with E-state index < -0.39 is 23.9 Å². The largest absolute Gasteiger partial charge is 0.396 e. The molecule has 0 aromatic rings. The van der Waals surface area contributed by atoms with Crippen LogP contribution >= 0.6 is 0 Å². The summed E-state index contributed by atoms with van der Waals surface area (Å²) in [5.41, 5.74) is 2.79. The van der Waals surface area contributed by atoms with Crippen LogP contribution in [-0.2, 0) is 4.74 Å². The van der Waals surface area contributed by atoms with Gasteiger partial charge in [0, 0.05) is 19.6 Å². The Balaban J connectivity index is 1.67. The van der Waals surface area contributed by atoms with Crippen LogP contribution in [0.4, 0.5) is 0 Å². The second kappa shape index (κ2) is 12.0. The summed E-state index contributed by atoms with van der Waals surface area (Å²) in [7, 11) is 0. The smallest absolute Gasteiger partial charge is 0.114 e. The van der Waals surface area contributed by atoms with Gasteiger partial charge in [-0.15, -0.1) is 0 Å². The van der Waals surface area contributed by atoms with Crippen molar-refractivity contribution in [2.24, 2.45) is 23.2 Å². The van der Waals surface area contributed by atoms with Crippen molar-refractivity contribution in [1.29, 1.82) is 0 Å². The van der Waals surface area contributed by atoms with E-state index >= 15 is 0 Å². The summed E-state index contributed by atoms with van der Waals surface area (Å²) in [4.78, 5) is 0. The zero-order valence-corrected chi connectivity index (χ0v) is 22.5. The van der Waals surface area contributed by atoms with Crippen molar-refractivity contribution >= 4 is 0 Å². The predicted molar refractivity (Wildman–Crippen MR) is 141 cm³/mol. The van der Waals surface area contributed by atoms with Gasteiger partial charge in [0.2, 0.25) is 0 Å². The van der Waals surface area contributed by atoms with Crippen molar-refractivity contribution in [3.05, 3.63) is 35.5 Å². The van der Waals surface area contributed by atoms with Gasteiger partial charge in [-0.2, -0.15) is 0 Å². The highest BCUT2D eigenvalue weighted by molar-refractivity contribution is 5.40. The fourth-order valence-corrected chi connectivity index (χ4v) is 7.21. The van der Waals surface area contributed by atoms with Crippen LogP contribution in [-0.4, -0.2) is 57.6 Å². The van der Waals surface area contributed by atoms with Crippen LogP contribution in [0.1, 0.15) is 91.9 Å². The van der Waals surface area contributed by atoms with Gasteiger partial charge in [0.1, 0.15) is 12.2 Å². The molecule has 5 nitrogen and oxygen atoms in total. The summed E-state index contributed by atoms with van der Waals surface area (Å²) in [6.07, 6.45) is 12.1. The molecule has 5 heteroatoms. The molecule has 0 bridgehead atoms. The molecule has 0 aromatic heterocycles. The molecule has 0 saturated heterocycles. The van der Waals surface area contributed by atoms with E-state index in [4.69, 9.17) is 9.84 Å². The molecule has 0 aromatic carbocycles. The third-order valence-electron chi connectivity index (χ3n) is 9.17. The molecule has 200 valence electrons. The van der Waals surface area contributed by atoms with E-state index in [9.17, 15) is 15.3 Å². The Morgan fingerprint density at radius 1 is 1.20 bits per heavy atom. The lowest BCUT2D eigenvalue weighted by atomic mass is 9.60. The van der Waals surface area contributed by atoms with Crippen LogP contribution in [0.2, 0.25) is 0 Å². The molecule has 0 unspecified atom stereocenters. The van der Waals surface area contributed by atoms with Gasteiger partial charge >= 0.3 is 0 Å². The maximum absolute atomic E-state index is 10.7. The number of rotatable bonds is 10. The van der Waals surface area contributed by atoms with Gasteiger partial charge in [-0.1, -0.05) is 51.0 Å². The highest BCUT2D eigenvalue weighted by Gasteiger charge is 2.50. The Bertz CT molecular complexity index is 778. The van der Waals surface area contributed by atoms with Crippen LogP contribution in [0.5, 0.6) is 0 Å². The zero-order chi connectivity index (χ0) is 25.8. The number of aliphatic hydroxyl groups excluding tert-OH is 3. The summed E-state index contributed by atoms with van der Waals surface area (Å²) in [6, 6.07) is 0. The van der Waals surface area contributed by atoms with Crippen molar-refractivity contribution in [2.75, 3.05) is 13.2 Å². The number of aliphatic hydroxyl groups is 4. The summed E-state index contributed by atoms with van der Waals surface area (Å²) in [5, 5.41) is 40.4. The van der Waals surface area contributed by atoms with Crippen molar-refractivity contribution in [3.63, 3.8) is 0 Å². The van der Waals surface area contributed by atoms with Crippen LogP contribution in [0.25, 0.3) is 0 Å². The molecule has 0 heterocycles. The van der Waals surface area contributed by atoms with Crippen LogP contribution in [0.15, 0.2) is 35.5 Å². The number of ether oxygens (including phenoxy) is 1. The molecule has 0 spiro atoms. The zero-order valence-electron chi connectivity index (χ0n) is 22.5. The number of hydrogen-bond donors (Lipinski definition) is 4. The topological polar surface area (TPSA) is 90.2 Å². The summed E-state index contributed by atoms with van der Waals surface area (Å²) in [6.45, 7) is 13.2. The second-order valence-electron chi connectivity index (χ2n) is 12.4. The lowest BCUT2D eigenvalue weighted by Gasteiger charge is -2.44. The minimum Gasteiger partial charge on any atom is -0.396 e. The van der Waals surface area contributed by atoms with Crippen molar-refractivity contribution in [3.8, 4) is 0 Å². The molecular weight excluding hydrogens is 440 g/mol. The molecule has 3 rings (SSSR count). The lowest BCUT2D eigenvalue weighted by molar-refractivity contribution is -0.0968. The molecule has 0 amide bonds. The Labute approximate surface area is 213 Å². The molecule has 3 saturated carbocycles. The van der Waals surface area contributed by atoms with Crippen molar-refractivity contribution in [2.45, 2.75) is 116 Å². The molecule has 4 N–H and O–H groups in total. The van der Waals surface area contributed by atoms with Gasteiger partial charge in [0.15, 0.2) is 0 Å². The molecular formula is C30H50O5. The van der Waals surface area contributed by atoms with Gasteiger partial charge in [-0.05, 0) is 93.1 Å². The van der Waals surface area contributed by atoms with E-state index in [0.717, 1.165) is 30.8 Å². The van der Waals surface area contributed by atoms with E-state index in [1.165, 1.54) is 37.7 Å².